The van der Waals surface area contributed by atoms with Gasteiger partial charge >= 0.3 is 0 Å². The highest BCUT2D eigenvalue weighted by Gasteiger charge is 2.29. The first kappa shape index (κ1) is 21.8. The molecule has 0 aromatic heterocycles. The van der Waals surface area contributed by atoms with Crippen LogP contribution in [-0.2, 0) is 9.47 Å². The summed E-state index contributed by atoms with van der Waals surface area (Å²) in [5.74, 6) is 0. The van der Waals surface area contributed by atoms with Crippen LogP contribution in [0.4, 0.5) is 0 Å². The molecule has 134 valence electrons. The Morgan fingerprint density at radius 3 is 2.14 bits per heavy atom. The van der Waals surface area contributed by atoms with Gasteiger partial charge in [-0.3, -0.25) is 0 Å². The van der Waals surface area contributed by atoms with E-state index in [1.165, 1.54) is 0 Å². The van der Waals surface area contributed by atoms with Gasteiger partial charge in [0.05, 0.1) is 37.1 Å². The number of rotatable bonds is 14. The Balaban J connectivity index is 4.39. The summed E-state index contributed by atoms with van der Waals surface area (Å²) < 4.78 is 11.6. The van der Waals surface area contributed by atoms with Gasteiger partial charge in [0.1, 0.15) is 0 Å². The van der Waals surface area contributed by atoms with E-state index in [0.29, 0.717) is 12.8 Å². The predicted octanol–water partition coefficient (Wildman–Crippen LogP) is 2.26. The van der Waals surface area contributed by atoms with Gasteiger partial charge in [-0.25, -0.2) is 0 Å². The number of hydrogen-bond donors (Lipinski definition) is 3. The van der Waals surface area contributed by atoms with Gasteiger partial charge in [0.25, 0.3) is 0 Å². The molecule has 3 N–H and O–H groups in total. The van der Waals surface area contributed by atoms with Crippen molar-refractivity contribution < 1.29 is 24.8 Å². The number of hydrogen-bond acceptors (Lipinski definition) is 5. The zero-order valence-electron chi connectivity index (χ0n) is 14.8. The molecule has 3 unspecified atom stereocenters. The smallest absolute Gasteiger partial charge is 0.0801 e. The van der Waals surface area contributed by atoms with Crippen molar-refractivity contribution in [3.8, 4) is 0 Å². The highest BCUT2D eigenvalue weighted by atomic mass is 16.5. The van der Waals surface area contributed by atoms with Crippen molar-refractivity contribution in [1.82, 2.24) is 0 Å². The Bertz CT molecular complexity index is 274. The molecule has 0 aromatic carbocycles. The van der Waals surface area contributed by atoms with E-state index < -0.39 is 11.7 Å². The molecule has 3 atom stereocenters. The minimum atomic E-state index is -0.603. The highest BCUT2D eigenvalue weighted by Crippen LogP contribution is 2.26. The quantitative estimate of drug-likeness (QED) is 0.457. The van der Waals surface area contributed by atoms with Crippen molar-refractivity contribution in [2.45, 2.75) is 83.5 Å². The Hall–Kier alpha value is -0.200. The maximum Gasteiger partial charge on any atom is 0.0801 e. The van der Waals surface area contributed by atoms with Gasteiger partial charge in [0, 0.05) is 13.0 Å². The van der Waals surface area contributed by atoms with Crippen molar-refractivity contribution in [2.75, 3.05) is 26.4 Å². The summed E-state index contributed by atoms with van der Waals surface area (Å²) in [5, 5.41) is 28.1. The molecule has 5 heteroatoms. The van der Waals surface area contributed by atoms with E-state index >= 15 is 0 Å². The molecule has 0 aliphatic carbocycles. The number of aliphatic hydroxyl groups is 3. The first-order chi connectivity index (χ1) is 10.3. The average Bonchev–Trinajstić information content (AvgIpc) is 2.49. The molecule has 5 nitrogen and oxygen atoms in total. The lowest BCUT2D eigenvalue weighted by atomic mass is 9.93. The molecule has 0 rings (SSSR count). The Kier molecular flexibility index (Phi) is 11.3. The third-order valence-electron chi connectivity index (χ3n) is 4.22. The molecular formula is C17H36O5. The third-order valence-corrected chi connectivity index (χ3v) is 4.22. The van der Waals surface area contributed by atoms with E-state index in [2.05, 4.69) is 6.92 Å². The third kappa shape index (κ3) is 9.06. The molecule has 22 heavy (non-hydrogen) atoms. The van der Waals surface area contributed by atoms with Crippen LogP contribution in [0.1, 0.15) is 66.2 Å². The van der Waals surface area contributed by atoms with E-state index in [1.54, 1.807) is 0 Å². The number of aliphatic hydroxyl groups excluding tert-OH is 3. The first-order valence-corrected chi connectivity index (χ1v) is 8.52. The van der Waals surface area contributed by atoms with Crippen LogP contribution in [0, 0.1) is 0 Å². The van der Waals surface area contributed by atoms with Crippen LogP contribution < -0.4 is 0 Å². The summed E-state index contributed by atoms with van der Waals surface area (Å²) in [7, 11) is 0. The zero-order valence-corrected chi connectivity index (χ0v) is 14.8. The normalized spacial score (nSPS) is 18.7. The van der Waals surface area contributed by atoms with Gasteiger partial charge in [0.2, 0.25) is 0 Å². The fourth-order valence-corrected chi connectivity index (χ4v) is 2.70. The molecule has 0 aliphatic heterocycles. The van der Waals surface area contributed by atoms with Crippen molar-refractivity contribution >= 4 is 0 Å². The minimum Gasteiger partial charge on any atom is -0.396 e. The molecule has 0 bridgehead atoms. The van der Waals surface area contributed by atoms with E-state index in [9.17, 15) is 5.11 Å². The number of ether oxygens (including phenoxy) is 2. The van der Waals surface area contributed by atoms with Crippen LogP contribution in [0.25, 0.3) is 0 Å². The van der Waals surface area contributed by atoms with Gasteiger partial charge in [-0.1, -0.05) is 20.3 Å². The molecular weight excluding hydrogens is 284 g/mol. The summed E-state index contributed by atoms with van der Waals surface area (Å²) in [4.78, 5) is 0. The lowest BCUT2D eigenvalue weighted by Gasteiger charge is -2.34. The monoisotopic (exact) mass is 320 g/mol. The molecule has 0 spiro atoms. The topological polar surface area (TPSA) is 79.2 Å². The van der Waals surface area contributed by atoms with Crippen LogP contribution in [-0.4, -0.2) is 59.1 Å². The zero-order chi connectivity index (χ0) is 17.1. The lowest BCUT2D eigenvalue weighted by molar-refractivity contribution is -0.114. The van der Waals surface area contributed by atoms with Crippen LogP contribution in [0.5, 0.6) is 0 Å². The minimum absolute atomic E-state index is 0.0160. The largest absolute Gasteiger partial charge is 0.396 e. The van der Waals surface area contributed by atoms with Crippen LogP contribution in [0.15, 0.2) is 0 Å². The van der Waals surface area contributed by atoms with Crippen molar-refractivity contribution in [3.63, 3.8) is 0 Å². The second-order valence-corrected chi connectivity index (χ2v) is 6.57. The van der Waals surface area contributed by atoms with E-state index in [4.69, 9.17) is 19.7 Å². The van der Waals surface area contributed by atoms with Crippen molar-refractivity contribution in [1.29, 1.82) is 0 Å². The second kappa shape index (κ2) is 11.4. The van der Waals surface area contributed by atoms with Gasteiger partial charge in [-0.15, -0.1) is 0 Å². The Morgan fingerprint density at radius 2 is 1.64 bits per heavy atom. The molecule has 0 heterocycles. The summed E-state index contributed by atoms with van der Waals surface area (Å²) in [5.41, 5.74) is -0.745. The Morgan fingerprint density at radius 1 is 0.955 bits per heavy atom. The van der Waals surface area contributed by atoms with Crippen molar-refractivity contribution in [2.24, 2.45) is 0 Å². The summed E-state index contributed by atoms with van der Waals surface area (Å²) in [6.45, 7) is 8.79. The van der Waals surface area contributed by atoms with Crippen LogP contribution >= 0.6 is 0 Å². The fraction of sp³-hybridized carbons (Fsp3) is 1.00. The van der Waals surface area contributed by atoms with Gasteiger partial charge in [0.15, 0.2) is 0 Å². The van der Waals surface area contributed by atoms with E-state index in [0.717, 1.165) is 25.7 Å². The molecule has 0 saturated heterocycles. The molecule has 0 amide bonds. The lowest BCUT2D eigenvalue weighted by Crippen LogP contribution is -2.38. The van der Waals surface area contributed by atoms with Gasteiger partial charge in [-0.05, 0) is 39.5 Å². The molecule has 0 radical (unpaired) electrons. The summed E-state index contributed by atoms with van der Waals surface area (Å²) in [6, 6.07) is 0. The van der Waals surface area contributed by atoms with E-state index in [1.807, 2.05) is 20.8 Å². The maximum absolute atomic E-state index is 10.3. The molecule has 0 fully saturated rings. The van der Waals surface area contributed by atoms with Crippen LogP contribution in [0.2, 0.25) is 0 Å². The SMILES string of the molecule is CCCC(C)(CCCO)OCC(O)CC(C)(CC)OCCO. The Labute approximate surface area is 135 Å². The standard InChI is InChI=1S/C17H36O5/c1-5-8-17(4,9-7-10-18)22-14-15(20)13-16(3,6-2)21-12-11-19/h15,18-20H,5-14H2,1-4H3. The highest BCUT2D eigenvalue weighted by molar-refractivity contribution is 4.80. The van der Waals surface area contributed by atoms with E-state index in [-0.39, 0.29) is 32.0 Å². The average molecular weight is 320 g/mol. The first-order valence-electron chi connectivity index (χ1n) is 8.52. The van der Waals surface area contributed by atoms with Crippen molar-refractivity contribution in [3.05, 3.63) is 0 Å². The van der Waals surface area contributed by atoms with Gasteiger partial charge in [-0.2, -0.15) is 0 Å². The maximum atomic E-state index is 10.3. The van der Waals surface area contributed by atoms with Crippen LogP contribution in [0.3, 0.4) is 0 Å². The molecule has 0 saturated carbocycles. The molecule has 0 aliphatic rings. The summed E-state index contributed by atoms with van der Waals surface area (Å²) >= 11 is 0. The summed E-state index contributed by atoms with van der Waals surface area (Å²) in [6.07, 6.45) is 4.05. The molecule has 0 aromatic rings. The van der Waals surface area contributed by atoms with Gasteiger partial charge < -0.3 is 24.8 Å². The predicted molar refractivity (Wildman–Crippen MR) is 87.9 cm³/mol. The fourth-order valence-electron chi connectivity index (χ4n) is 2.70. The second-order valence-electron chi connectivity index (χ2n) is 6.57.